The van der Waals surface area contributed by atoms with Crippen molar-refractivity contribution in [2.45, 2.75) is 40.7 Å². The summed E-state index contributed by atoms with van der Waals surface area (Å²) < 4.78 is 31.0. The Labute approximate surface area is 178 Å². The Morgan fingerprint density at radius 1 is 1.03 bits per heavy atom. The Balaban J connectivity index is 2.30. The molecule has 30 heavy (non-hydrogen) atoms. The van der Waals surface area contributed by atoms with E-state index < -0.39 is 27.9 Å². The highest BCUT2D eigenvalue weighted by Gasteiger charge is 2.29. The van der Waals surface area contributed by atoms with Crippen LogP contribution in [0.25, 0.3) is 0 Å². The second-order valence-corrected chi connectivity index (χ2v) is 9.10. The molecule has 162 valence electrons. The van der Waals surface area contributed by atoms with E-state index >= 15 is 0 Å². The molecule has 0 aliphatic rings. The maximum Gasteiger partial charge on any atom is 0.338 e. The summed E-state index contributed by atoms with van der Waals surface area (Å²) in [5.41, 5.74) is 3.93. The summed E-state index contributed by atoms with van der Waals surface area (Å²) >= 11 is 0. The number of amides is 1. The quantitative estimate of drug-likeness (QED) is 0.675. The molecule has 0 heterocycles. The number of anilines is 2. The zero-order valence-corrected chi connectivity index (χ0v) is 19.0. The molecule has 2 rings (SSSR count). The van der Waals surface area contributed by atoms with Crippen molar-refractivity contribution in [2.75, 3.05) is 22.5 Å². The smallest absolute Gasteiger partial charge is 0.338 e. The summed E-state index contributed by atoms with van der Waals surface area (Å²) in [6.45, 7) is 9.10. The van der Waals surface area contributed by atoms with Gasteiger partial charge < -0.3 is 10.1 Å². The number of sulfonamides is 1. The first-order chi connectivity index (χ1) is 14.0. The fraction of sp³-hybridized carbons (Fsp3) is 0.364. The van der Waals surface area contributed by atoms with Crippen LogP contribution in [0.4, 0.5) is 11.4 Å². The maximum absolute atomic E-state index is 12.9. The van der Waals surface area contributed by atoms with Crippen molar-refractivity contribution in [3.8, 4) is 0 Å². The molecule has 0 aliphatic heterocycles. The molecule has 0 aliphatic carbocycles. The van der Waals surface area contributed by atoms with E-state index in [9.17, 15) is 18.0 Å². The third kappa shape index (κ3) is 5.38. The summed E-state index contributed by atoms with van der Waals surface area (Å²) in [6, 6.07) is 9.07. The van der Waals surface area contributed by atoms with Crippen molar-refractivity contribution in [3.05, 3.63) is 58.7 Å². The van der Waals surface area contributed by atoms with Gasteiger partial charge in [-0.15, -0.1) is 0 Å². The zero-order chi connectivity index (χ0) is 22.6. The van der Waals surface area contributed by atoms with Gasteiger partial charge in [-0.3, -0.25) is 9.10 Å². The molecule has 2 aromatic carbocycles. The van der Waals surface area contributed by atoms with Gasteiger partial charge >= 0.3 is 5.97 Å². The van der Waals surface area contributed by atoms with E-state index in [-0.39, 0.29) is 6.61 Å². The number of nitrogens with zero attached hydrogens (tertiary/aromatic N) is 1. The standard InChI is InChI=1S/C22H28N2O5S/c1-7-29-22(26)18-9-11-20(16(4)12-18)23-21(25)17(5)24(30(6,27)28)19-10-8-14(2)15(3)13-19/h8-13,17H,7H2,1-6H3,(H,23,25)/t17-/m1/s1. The summed E-state index contributed by atoms with van der Waals surface area (Å²) in [4.78, 5) is 24.8. The first-order valence-electron chi connectivity index (χ1n) is 9.61. The van der Waals surface area contributed by atoms with Crippen LogP contribution < -0.4 is 9.62 Å². The molecule has 8 heteroatoms. The van der Waals surface area contributed by atoms with E-state index in [1.54, 1.807) is 44.2 Å². The minimum Gasteiger partial charge on any atom is -0.462 e. The van der Waals surface area contributed by atoms with Crippen LogP contribution in [0.5, 0.6) is 0 Å². The summed E-state index contributed by atoms with van der Waals surface area (Å²) in [7, 11) is -3.71. The van der Waals surface area contributed by atoms with Crippen molar-refractivity contribution in [2.24, 2.45) is 0 Å². The molecule has 2 aromatic rings. The molecule has 0 aromatic heterocycles. The molecule has 0 fully saturated rings. The molecule has 0 unspecified atom stereocenters. The summed E-state index contributed by atoms with van der Waals surface area (Å²) in [6.07, 6.45) is 1.07. The van der Waals surface area contributed by atoms with Crippen LogP contribution in [0.2, 0.25) is 0 Å². The predicted molar refractivity (Wildman–Crippen MR) is 118 cm³/mol. The van der Waals surface area contributed by atoms with Gasteiger partial charge in [0.1, 0.15) is 6.04 Å². The van der Waals surface area contributed by atoms with Crippen LogP contribution in [-0.2, 0) is 19.6 Å². The van der Waals surface area contributed by atoms with Crippen molar-refractivity contribution >= 4 is 33.3 Å². The number of ether oxygens (including phenoxy) is 1. The van der Waals surface area contributed by atoms with Crippen LogP contribution in [0.1, 0.15) is 40.9 Å². The van der Waals surface area contributed by atoms with E-state index in [0.29, 0.717) is 22.5 Å². The fourth-order valence-corrected chi connectivity index (χ4v) is 4.22. The Bertz CT molecular complexity index is 1060. The molecule has 7 nitrogen and oxygen atoms in total. The Hall–Kier alpha value is -2.87. The van der Waals surface area contributed by atoms with Gasteiger partial charge in [0.15, 0.2) is 0 Å². The maximum atomic E-state index is 12.9. The highest BCUT2D eigenvalue weighted by Crippen LogP contribution is 2.25. The number of nitrogens with one attached hydrogen (secondary N) is 1. The first kappa shape index (κ1) is 23.4. The summed E-state index contributed by atoms with van der Waals surface area (Å²) in [5.74, 6) is -0.921. The number of carbonyl (C=O) groups is 2. The van der Waals surface area contributed by atoms with Crippen LogP contribution >= 0.6 is 0 Å². The average molecular weight is 433 g/mol. The van der Waals surface area contributed by atoms with Crippen LogP contribution in [0.15, 0.2) is 36.4 Å². The lowest BCUT2D eigenvalue weighted by Gasteiger charge is -2.29. The van der Waals surface area contributed by atoms with Gasteiger partial charge in [0, 0.05) is 5.69 Å². The average Bonchev–Trinajstić information content (AvgIpc) is 2.65. The highest BCUT2D eigenvalue weighted by atomic mass is 32.2. The fourth-order valence-electron chi connectivity index (χ4n) is 3.05. The Morgan fingerprint density at radius 2 is 1.70 bits per heavy atom. The van der Waals surface area contributed by atoms with Crippen LogP contribution in [0, 0.1) is 20.8 Å². The second-order valence-electron chi connectivity index (χ2n) is 7.24. The van der Waals surface area contributed by atoms with Gasteiger partial charge in [0.2, 0.25) is 15.9 Å². The van der Waals surface area contributed by atoms with Crippen molar-refractivity contribution in [1.29, 1.82) is 0 Å². The van der Waals surface area contributed by atoms with Gasteiger partial charge in [0.25, 0.3) is 0 Å². The number of carbonyl (C=O) groups excluding carboxylic acids is 2. The molecule has 1 atom stereocenters. The lowest BCUT2D eigenvalue weighted by Crippen LogP contribution is -2.45. The molecule has 1 amide bonds. The predicted octanol–water partition coefficient (Wildman–Crippen LogP) is 3.58. The van der Waals surface area contributed by atoms with Crippen molar-refractivity contribution < 1.29 is 22.7 Å². The molecule has 1 N–H and O–H groups in total. The molecule has 0 radical (unpaired) electrons. The van der Waals surface area contributed by atoms with Gasteiger partial charge in [-0.25, -0.2) is 13.2 Å². The molecular formula is C22H28N2O5S. The van der Waals surface area contributed by atoms with E-state index in [1.807, 2.05) is 19.9 Å². The number of hydrogen-bond donors (Lipinski definition) is 1. The molecule has 0 spiro atoms. The van der Waals surface area contributed by atoms with E-state index in [1.165, 1.54) is 6.92 Å². The van der Waals surface area contributed by atoms with E-state index in [0.717, 1.165) is 21.7 Å². The van der Waals surface area contributed by atoms with Crippen molar-refractivity contribution in [3.63, 3.8) is 0 Å². The topological polar surface area (TPSA) is 92.8 Å². The molecule has 0 bridgehead atoms. The zero-order valence-electron chi connectivity index (χ0n) is 18.1. The summed E-state index contributed by atoms with van der Waals surface area (Å²) in [5, 5.41) is 2.76. The van der Waals surface area contributed by atoms with Gasteiger partial charge in [-0.05, 0) is 81.6 Å². The lowest BCUT2D eigenvalue weighted by molar-refractivity contribution is -0.116. The first-order valence-corrected chi connectivity index (χ1v) is 11.5. The van der Waals surface area contributed by atoms with Gasteiger partial charge in [0.05, 0.1) is 24.1 Å². The SMILES string of the molecule is CCOC(=O)c1ccc(NC(=O)[C@@H](C)N(c2ccc(C)c(C)c2)S(C)(=O)=O)c(C)c1. The van der Waals surface area contributed by atoms with Crippen molar-refractivity contribution in [1.82, 2.24) is 0 Å². The van der Waals surface area contributed by atoms with Gasteiger partial charge in [-0.2, -0.15) is 0 Å². The van der Waals surface area contributed by atoms with E-state index in [2.05, 4.69) is 5.32 Å². The number of esters is 1. The normalized spacial score (nSPS) is 12.2. The second kappa shape index (κ2) is 9.30. The van der Waals surface area contributed by atoms with Crippen LogP contribution in [-0.4, -0.2) is 39.2 Å². The minimum absolute atomic E-state index is 0.272. The Kier molecular flexibility index (Phi) is 7.25. The number of benzene rings is 2. The minimum atomic E-state index is -3.71. The molecular weight excluding hydrogens is 404 g/mol. The number of rotatable bonds is 7. The largest absolute Gasteiger partial charge is 0.462 e. The lowest BCUT2D eigenvalue weighted by atomic mass is 10.1. The molecule has 0 saturated heterocycles. The van der Waals surface area contributed by atoms with E-state index in [4.69, 9.17) is 4.74 Å². The monoisotopic (exact) mass is 432 g/mol. The Morgan fingerprint density at radius 3 is 2.23 bits per heavy atom. The molecule has 0 saturated carbocycles. The number of hydrogen-bond acceptors (Lipinski definition) is 5. The third-order valence-electron chi connectivity index (χ3n) is 4.83. The number of aryl methyl sites for hydroxylation is 3. The third-order valence-corrected chi connectivity index (χ3v) is 6.07. The van der Waals surface area contributed by atoms with Crippen LogP contribution in [0.3, 0.4) is 0 Å². The highest BCUT2D eigenvalue weighted by molar-refractivity contribution is 7.92. The van der Waals surface area contributed by atoms with Gasteiger partial charge in [-0.1, -0.05) is 6.07 Å².